The Labute approximate surface area is 113 Å². The SMILES string of the molecule is CC[Si](COc1c(F)c(F)c(F)c(F)c1F)(OC)OC. The van der Waals surface area contributed by atoms with Crippen LogP contribution in [0.15, 0.2) is 0 Å². The van der Waals surface area contributed by atoms with Crippen LogP contribution in [-0.2, 0) is 8.85 Å². The Bertz CT molecular complexity index is 456. The van der Waals surface area contributed by atoms with Crippen molar-refractivity contribution in [3.63, 3.8) is 0 Å². The van der Waals surface area contributed by atoms with Gasteiger partial charge in [-0.2, -0.15) is 8.78 Å². The molecule has 0 bridgehead atoms. The summed E-state index contributed by atoms with van der Waals surface area (Å²) < 4.78 is 80.5. The van der Waals surface area contributed by atoms with E-state index in [2.05, 4.69) is 0 Å². The van der Waals surface area contributed by atoms with E-state index in [0.29, 0.717) is 6.04 Å². The molecule has 0 saturated carbocycles. The lowest BCUT2D eigenvalue weighted by Gasteiger charge is -2.26. The second kappa shape index (κ2) is 6.51. The van der Waals surface area contributed by atoms with E-state index in [0.717, 1.165) is 0 Å². The third kappa shape index (κ3) is 2.94. The lowest BCUT2D eigenvalue weighted by atomic mass is 10.3. The molecule has 20 heavy (non-hydrogen) atoms. The third-order valence-electron chi connectivity index (χ3n) is 2.89. The summed E-state index contributed by atoms with van der Waals surface area (Å²) in [6, 6.07) is 0.370. The van der Waals surface area contributed by atoms with Gasteiger partial charge in [0.25, 0.3) is 0 Å². The van der Waals surface area contributed by atoms with Crippen molar-refractivity contribution >= 4 is 8.56 Å². The van der Waals surface area contributed by atoms with Gasteiger partial charge in [0.15, 0.2) is 5.75 Å². The zero-order chi connectivity index (χ0) is 15.5. The van der Waals surface area contributed by atoms with Crippen LogP contribution in [0.3, 0.4) is 0 Å². The van der Waals surface area contributed by atoms with Gasteiger partial charge in [0, 0.05) is 14.2 Å². The number of rotatable bonds is 6. The topological polar surface area (TPSA) is 27.7 Å². The summed E-state index contributed by atoms with van der Waals surface area (Å²) in [6.45, 7) is 1.70. The molecule has 0 atom stereocenters. The van der Waals surface area contributed by atoms with Crippen molar-refractivity contribution in [1.82, 2.24) is 0 Å². The molecule has 1 aromatic carbocycles. The van der Waals surface area contributed by atoms with E-state index >= 15 is 0 Å². The molecule has 0 N–H and O–H groups in total. The number of hydrogen-bond donors (Lipinski definition) is 0. The van der Waals surface area contributed by atoms with Crippen LogP contribution in [0, 0.1) is 29.1 Å². The molecule has 0 aliphatic carbocycles. The fourth-order valence-corrected chi connectivity index (χ4v) is 3.03. The van der Waals surface area contributed by atoms with Crippen LogP contribution in [-0.4, -0.2) is 29.0 Å². The lowest BCUT2D eigenvalue weighted by Crippen LogP contribution is -2.46. The summed E-state index contributed by atoms with van der Waals surface area (Å²) in [7, 11) is -0.247. The highest BCUT2D eigenvalue weighted by atomic mass is 28.4. The second-order valence-corrected chi connectivity index (χ2v) is 7.49. The van der Waals surface area contributed by atoms with Crippen molar-refractivity contribution in [2.75, 3.05) is 20.4 Å². The summed E-state index contributed by atoms with van der Waals surface area (Å²) in [6.07, 6.45) is -0.408. The van der Waals surface area contributed by atoms with E-state index in [4.69, 9.17) is 13.6 Å². The summed E-state index contributed by atoms with van der Waals surface area (Å²) >= 11 is 0. The molecule has 0 heterocycles. The largest absolute Gasteiger partial charge is 0.485 e. The average molecular weight is 316 g/mol. The maximum absolute atomic E-state index is 13.4. The van der Waals surface area contributed by atoms with Crippen LogP contribution in [0.5, 0.6) is 5.75 Å². The Hall–Kier alpha value is -1.19. The normalized spacial score (nSPS) is 11.8. The minimum absolute atomic E-state index is 0.370. The van der Waals surface area contributed by atoms with Crippen molar-refractivity contribution in [3.8, 4) is 5.75 Å². The van der Waals surface area contributed by atoms with E-state index in [9.17, 15) is 22.0 Å². The van der Waals surface area contributed by atoms with Gasteiger partial charge in [-0.1, -0.05) is 6.92 Å². The first-order valence-electron chi connectivity index (χ1n) is 5.58. The highest BCUT2D eigenvalue weighted by Gasteiger charge is 2.36. The standard InChI is InChI=1S/C11H13F5O3Si/c1-4-20(17-2,18-3)5-19-11-9(15)7(13)6(12)8(14)10(11)16/h4-5H2,1-3H3. The van der Waals surface area contributed by atoms with E-state index in [1.807, 2.05) is 0 Å². The van der Waals surface area contributed by atoms with Gasteiger partial charge in [-0.15, -0.1) is 0 Å². The molecule has 0 spiro atoms. The lowest BCUT2D eigenvalue weighted by molar-refractivity contribution is 0.197. The van der Waals surface area contributed by atoms with Crippen molar-refractivity contribution in [3.05, 3.63) is 29.1 Å². The predicted molar refractivity (Wildman–Crippen MR) is 62.0 cm³/mol. The highest BCUT2D eigenvalue weighted by molar-refractivity contribution is 6.67. The highest BCUT2D eigenvalue weighted by Crippen LogP contribution is 2.29. The van der Waals surface area contributed by atoms with Gasteiger partial charge in [-0.05, 0) is 6.04 Å². The first-order valence-corrected chi connectivity index (χ1v) is 7.81. The average Bonchev–Trinajstić information content (AvgIpc) is 2.47. The Kier molecular flexibility index (Phi) is 5.48. The molecule has 9 heteroatoms. The molecule has 0 amide bonds. The summed E-state index contributed by atoms with van der Waals surface area (Å²) in [5, 5.41) is 0. The Morgan fingerprint density at radius 3 is 1.55 bits per heavy atom. The molecule has 0 saturated heterocycles. The second-order valence-electron chi connectivity index (χ2n) is 3.86. The third-order valence-corrected chi connectivity index (χ3v) is 6.04. The molecule has 0 aromatic heterocycles. The fourth-order valence-electron chi connectivity index (χ4n) is 1.49. The van der Waals surface area contributed by atoms with Crippen LogP contribution in [0.1, 0.15) is 6.92 Å². The van der Waals surface area contributed by atoms with Crippen molar-refractivity contribution in [2.24, 2.45) is 0 Å². The molecule has 1 aromatic rings. The van der Waals surface area contributed by atoms with Crippen LogP contribution in [0.25, 0.3) is 0 Å². The van der Waals surface area contributed by atoms with Crippen LogP contribution >= 0.6 is 0 Å². The summed E-state index contributed by atoms with van der Waals surface area (Å²) in [5.41, 5.74) is 0. The van der Waals surface area contributed by atoms with Crippen molar-refractivity contribution < 1.29 is 35.5 Å². The molecule has 0 radical (unpaired) electrons. The zero-order valence-corrected chi connectivity index (χ0v) is 12.0. The van der Waals surface area contributed by atoms with E-state index in [1.165, 1.54) is 14.2 Å². The van der Waals surface area contributed by atoms with Gasteiger partial charge in [0.05, 0.1) is 0 Å². The van der Waals surface area contributed by atoms with Gasteiger partial charge in [-0.25, -0.2) is 13.2 Å². The Morgan fingerprint density at radius 1 is 0.800 bits per heavy atom. The molecule has 0 fully saturated rings. The first kappa shape index (κ1) is 16.9. The maximum atomic E-state index is 13.4. The Morgan fingerprint density at radius 2 is 1.20 bits per heavy atom. The smallest absolute Gasteiger partial charge is 0.376 e. The molecular weight excluding hydrogens is 303 g/mol. The molecule has 0 aliphatic rings. The van der Waals surface area contributed by atoms with E-state index in [-0.39, 0.29) is 0 Å². The number of halogens is 5. The quantitative estimate of drug-likeness (QED) is 0.349. The van der Waals surface area contributed by atoms with Crippen molar-refractivity contribution in [2.45, 2.75) is 13.0 Å². The van der Waals surface area contributed by atoms with E-state index < -0.39 is 49.6 Å². The number of benzene rings is 1. The fraction of sp³-hybridized carbons (Fsp3) is 0.455. The summed E-state index contributed by atoms with van der Waals surface area (Å²) in [4.78, 5) is 0. The minimum Gasteiger partial charge on any atom is -0.485 e. The monoisotopic (exact) mass is 316 g/mol. The maximum Gasteiger partial charge on any atom is 0.376 e. The molecule has 0 unspecified atom stereocenters. The molecule has 3 nitrogen and oxygen atoms in total. The number of ether oxygens (including phenoxy) is 1. The first-order chi connectivity index (χ1) is 9.33. The van der Waals surface area contributed by atoms with Gasteiger partial charge in [-0.3, -0.25) is 0 Å². The summed E-state index contributed by atoms with van der Waals surface area (Å²) in [5.74, 6) is -11.7. The van der Waals surface area contributed by atoms with Crippen LogP contribution < -0.4 is 4.74 Å². The number of hydrogen-bond acceptors (Lipinski definition) is 3. The van der Waals surface area contributed by atoms with Gasteiger partial charge < -0.3 is 13.6 Å². The molecule has 1 rings (SSSR count). The van der Waals surface area contributed by atoms with Gasteiger partial charge in [0.2, 0.25) is 29.1 Å². The Balaban J connectivity index is 3.11. The molecule has 0 aliphatic heterocycles. The molecular formula is C11H13F5O3Si. The van der Waals surface area contributed by atoms with Crippen molar-refractivity contribution in [1.29, 1.82) is 0 Å². The minimum atomic E-state index is -2.89. The van der Waals surface area contributed by atoms with Gasteiger partial charge in [0.1, 0.15) is 6.23 Å². The van der Waals surface area contributed by atoms with Crippen LogP contribution in [0.4, 0.5) is 22.0 Å². The predicted octanol–water partition coefficient (Wildman–Crippen LogP) is 3.06. The molecule has 114 valence electrons. The van der Waals surface area contributed by atoms with Gasteiger partial charge >= 0.3 is 8.56 Å². The van der Waals surface area contributed by atoms with E-state index in [1.54, 1.807) is 6.92 Å². The van der Waals surface area contributed by atoms with Crippen LogP contribution in [0.2, 0.25) is 6.04 Å². The zero-order valence-electron chi connectivity index (χ0n) is 11.0.